The Morgan fingerprint density at radius 3 is 2.37 bits per heavy atom. The minimum Gasteiger partial charge on any atom is -0.376 e. The van der Waals surface area contributed by atoms with E-state index in [1.54, 1.807) is 67.6 Å². The van der Waals surface area contributed by atoms with Crippen molar-refractivity contribution in [3.8, 4) is 0 Å². The van der Waals surface area contributed by atoms with E-state index in [0.29, 0.717) is 28.1 Å². The van der Waals surface area contributed by atoms with Crippen molar-refractivity contribution >= 4 is 23.1 Å². The predicted molar refractivity (Wildman–Crippen MR) is 105 cm³/mol. The highest BCUT2D eigenvalue weighted by Crippen LogP contribution is 2.19. The third-order valence-electron chi connectivity index (χ3n) is 4.11. The largest absolute Gasteiger partial charge is 0.376 e. The van der Waals surface area contributed by atoms with Crippen LogP contribution in [0.4, 0.5) is 15.8 Å². The molecule has 1 amide bonds. The van der Waals surface area contributed by atoms with E-state index < -0.39 is 0 Å². The quantitative estimate of drug-likeness (QED) is 0.639. The number of ketones is 1. The van der Waals surface area contributed by atoms with Crippen molar-refractivity contribution in [1.29, 1.82) is 0 Å². The molecule has 4 nitrogen and oxygen atoms in total. The second-order valence-corrected chi connectivity index (χ2v) is 6.11. The van der Waals surface area contributed by atoms with Crippen molar-refractivity contribution in [2.24, 2.45) is 0 Å². The molecule has 0 aliphatic rings. The number of hydrogen-bond donors (Lipinski definition) is 2. The number of aryl methyl sites for hydroxylation is 1. The van der Waals surface area contributed by atoms with Gasteiger partial charge in [-0.2, -0.15) is 0 Å². The molecule has 0 saturated heterocycles. The van der Waals surface area contributed by atoms with Gasteiger partial charge < -0.3 is 10.6 Å². The minimum atomic E-state index is -0.334. The zero-order valence-electron chi connectivity index (χ0n) is 14.8. The number of nitrogens with one attached hydrogen (secondary N) is 2. The van der Waals surface area contributed by atoms with Gasteiger partial charge in [0, 0.05) is 16.8 Å². The first kappa shape index (κ1) is 18.3. The molecule has 0 aliphatic carbocycles. The lowest BCUT2D eigenvalue weighted by Gasteiger charge is -2.12. The number of para-hydroxylation sites is 1. The van der Waals surface area contributed by atoms with E-state index in [4.69, 9.17) is 0 Å². The maximum Gasteiger partial charge on any atom is 0.243 e. The maximum absolute atomic E-state index is 13.6. The molecule has 0 radical (unpaired) electrons. The molecule has 0 bridgehead atoms. The van der Waals surface area contributed by atoms with E-state index in [1.807, 2.05) is 6.07 Å². The summed E-state index contributed by atoms with van der Waals surface area (Å²) in [4.78, 5) is 25.0. The van der Waals surface area contributed by atoms with Crippen LogP contribution >= 0.6 is 0 Å². The summed E-state index contributed by atoms with van der Waals surface area (Å²) in [5.74, 6) is -0.830. The van der Waals surface area contributed by atoms with E-state index in [2.05, 4.69) is 10.6 Å². The van der Waals surface area contributed by atoms with Crippen LogP contribution in [0.1, 0.15) is 21.5 Å². The molecule has 0 heterocycles. The Hall–Kier alpha value is -3.47. The number of amides is 1. The lowest BCUT2D eigenvalue weighted by atomic mass is 10.0. The van der Waals surface area contributed by atoms with Gasteiger partial charge in [-0.25, -0.2) is 4.39 Å². The summed E-state index contributed by atoms with van der Waals surface area (Å²) < 4.78 is 13.6. The molecule has 3 aromatic rings. The monoisotopic (exact) mass is 362 g/mol. The van der Waals surface area contributed by atoms with E-state index in [9.17, 15) is 14.0 Å². The Labute approximate surface area is 157 Å². The summed E-state index contributed by atoms with van der Waals surface area (Å²) >= 11 is 0. The van der Waals surface area contributed by atoms with E-state index in [1.165, 1.54) is 6.07 Å². The number of benzene rings is 3. The number of hydrogen-bond acceptors (Lipinski definition) is 3. The Kier molecular flexibility index (Phi) is 5.61. The molecule has 0 fully saturated rings. The lowest BCUT2D eigenvalue weighted by Crippen LogP contribution is -2.23. The summed E-state index contributed by atoms with van der Waals surface area (Å²) in [5, 5.41) is 5.62. The van der Waals surface area contributed by atoms with Crippen LogP contribution in [0.25, 0.3) is 0 Å². The molecule has 0 atom stereocenters. The van der Waals surface area contributed by atoms with Gasteiger partial charge in [-0.3, -0.25) is 9.59 Å². The standard InChI is InChI=1S/C22H19FN2O2/c1-15-11-12-17(13-19(15)23)24-14-21(26)25-20-10-6-5-9-18(20)22(27)16-7-3-2-4-8-16/h2-13,24H,14H2,1H3,(H,25,26). The molecule has 0 aliphatic heterocycles. The number of halogens is 1. The normalized spacial score (nSPS) is 10.3. The minimum absolute atomic E-state index is 0.0453. The van der Waals surface area contributed by atoms with Crippen LogP contribution in [0, 0.1) is 12.7 Å². The van der Waals surface area contributed by atoms with E-state index in [-0.39, 0.29) is 24.1 Å². The van der Waals surface area contributed by atoms with Crippen LogP contribution in [0.2, 0.25) is 0 Å². The summed E-state index contributed by atoms with van der Waals surface area (Å²) in [6.07, 6.45) is 0. The highest BCUT2D eigenvalue weighted by atomic mass is 19.1. The zero-order valence-corrected chi connectivity index (χ0v) is 14.8. The second kappa shape index (κ2) is 8.27. The SMILES string of the molecule is Cc1ccc(NCC(=O)Nc2ccccc2C(=O)c2ccccc2)cc1F. The van der Waals surface area contributed by atoms with Crippen LogP contribution in [0.3, 0.4) is 0 Å². The molecule has 2 N–H and O–H groups in total. The van der Waals surface area contributed by atoms with Gasteiger partial charge in [0.2, 0.25) is 5.91 Å². The van der Waals surface area contributed by atoms with Gasteiger partial charge in [-0.05, 0) is 36.8 Å². The second-order valence-electron chi connectivity index (χ2n) is 6.11. The fourth-order valence-electron chi connectivity index (χ4n) is 2.61. The third kappa shape index (κ3) is 4.58. The number of rotatable bonds is 6. The molecule has 3 aromatic carbocycles. The molecule has 0 aromatic heterocycles. The molecule has 136 valence electrons. The van der Waals surface area contributed by atoms with Gasteiger partial charge in [-0.1, -0.05) is 48.5 Å². The molecule has 0 spiro atoms. The van der Waals surface area contributed by atoms with Gasteiger partial charge in [0.15, 0.2) is 5.78 Å². The third-order valence-corrected chi connectivity index (χ3v) is 4.11. The molecule has 3 rings (SSSR count). The van der Waals surface area contributed by atoms with Gasteiger partial charge >= 0.3 is 0 Å². The fourth-order valence-corrected chi connectivity index (χ4v) is 2.61. The van der Waals surface area contributed by atoms with Crippen molar-refractivity contribution in [3.05, 3.63) is 95.3 Å². The van der Waals surface area contributed by atoms with E-state index >= 15 is 0 Å². The van der Waals surface area contributed by atoms with Gasteiger partial charge in [0.05, 0.1) is 12.2 Å². The molecule has 0 saturated carbocycles. The van der Waals surface area contributed by atoms with Crippen molar-refractivity contribution in [3.63, 3.8) is 0 Å². The number of carbonyl (C=O) groups excluding carboxylic acids is 2. The Morgan fingerprint density at radius 1 is 0.926 bits per heavy atom. The molecule has 27 heavy (non-hydrogen) atoms. The highest BCUT2D eigenvalue weighted by Gasteiger charge is 2.14. The van der Waals surface area contributed by atoms with Gasteiger partial charge in [-0.15, -0.1) is 0 Å². The molecular formula is C22H19FN2O2. The van der Waals surface area contributed by atoms with E-state index in [0.717, 1.165) is 0 Å². The first-order chi connectivity index (χ1) is 13.0. The summed E-state index contributed by atoms with van der Waals surface area (Å²) in [7, 11) is 0. The fraction of sp³-hybridized carbons (Fsp3) is 0.0909. The first-order valence-electron chi connectivity index (χ1n) is 8.53. The molecular weight excluding hydrogens is 343 g/mol. The zero-order chi connectivity index (χ0) is 19.2. The Bertz CT molecular complexity index is 971. The van der Waals surface area contributed by atoms with Crippen LogP contribution in [-0.2, 0) is 4.79 Å². The summed E-state index contributed by atoms with van der Waals surface area (Å²) in [5.41, 5.74) is 2.46. The van der Waals surface area contributed by atoms with Crippen LogP contribution in [0.5, 0.6) is 0 Å². The molecule has 0 unspecified atom stereocenters. The van der Waals surface area contributed by atoms with Crippen molar-refractivity contribution in [2.45, 2.75) is 6.92 Å². The maximum atomic E-state index is 13.6. The average molecular weight is 362 g/mol. The van der Waals surface area contributed by atoms with Crippen LogP contribution < -0.4 is 10.6 Å². The first-order valence-corrected chi connectivity index (χ1v) is 8.53. The topological polar surface area (TPSA) is 58.2 Å². The Morgan fingerprint density at radius 2 is 1.63 bits per heavy atom. The number of anilines is 2. The van der Waals surface area contributed by atoms with Crippen molar-refractivity contribution in [2.75, 3.05) is 17.2 Å². The van der Waals surface area contributed by atoms with Crippen LogP contribution in [0.15, 0.2) is 72.8 Å². The van der Waals surface area contributed by atoms with Crippen molar-refractivity contribution in [1.82, 2.24) is 0 Å². The summed E-state index contributed by atoms with van der Waals surface area (Å²) in [6.45, 7) is 1.63. The highest BCUT2D eigenvalue weighted by molar-refractivity contribution is 6.14. The van der Waals surface area contributed by atoms with Gasteiger partial charge in [0.25, 0.3) is 0 Å². The Balaban J connectivity index is 1.69. The van der Waals surface area contributed by atoms with Crippen LogP contribution in [-0.4, -0.2) is 18.2 Å². The predicted octanol–water partition coefficient (Wildman–Crippen LogP) is 4.42. The lowest BCUT2D eigenvalue weighted by molar-refractivity contribution is -0.114. The van der Waals surface area contributed by atoms with Gasteiger partial charge in [0.1, 0.15) is 5.82 Å². The van der Waals surface area contributed by atoms with Crippen molar-refractivity contribution < 1.29 is 14.0 Å². The molecule has 5 heteroatoms. The summed E-state index contributed by atoms with van der Waals surface area (Å²) in [6, 6.07) is 20.4. The average Bonchev–Trinajstić information content (AvgIpc) is 2.69. The smallest absolute Gasteiger partial charge is 0.243 e. The number of carbonyl (C=O) groups is 2.